The van der Waals surface area contributed by atoms with Gasteiger partial charge < -0.3 is 0 Å². The third kappa shape index (κ3) is 8.56. The quantitative estimate of drug-likeness (QED) is 0.450. The molecule has 0 N–H and O–H groups in total. The molecule has 0 fully saturated rings. The van der Waals surface area contributed by atoms with E-state index in [4.69, 9.17) is 0 Å². The van der Waals surface area contributed by atoms with E-state index in [0.717, 1.165) is 6.29 Å². The van der Waals surface area contributed by atoms with Crippen molar-refractivity contribution in [3.05, 3.63) is 42.7 Å². The van der Waals surface area contributed by atoms with E-state index in [1.165, 1.54) is 6.08 Å². The molecule has 0 saturated heterocycles. The molecule has 0 amide bonds. The summed E-state index contributed by atoms with van der Waals surface area (Å²) in [5, 5.41) is 0. The molecular weight excluding hydrogens is 138 g/mol. The monoisotopic (exact) mass is 149 g/mol. The third-order valence-electron chi connectivity index (χ3n) is 0.838. The second kappa shape index (κ2) is 8.56. The fourth-order valence-corrected chi connectivity index (χ4v) is 0.391. The molecule has 1 aromatic heterocycles. The molecule has 0 aliphatic rings. The third-order valence-corrected chi connectivity index (χ3v) is 0.838. The van der Waals surface area contributed by atoms with Gasteiger partial charge in [-0.05, 0) is 25.1 Å². The number of carbonyl (C=O) groups is 1. The molecule has 2 heteroatoms. The standard InChI is InChI=1S/C5H5N.C4H6O/c1-2-4-6-5-3-1;1-2-3-4-5/h1-5H;2-4H,1H3. The summed E-state index contributed by atoms with van der Waals surface area (Å²) < 4.78 is 0. The van der Waals surface area contributed by atoms with Gasteiger partial charge in [-0.2, -0.15) is 0 Å². The number of aldehydes is 1. The van der Waals surface area contributed by atoms with Gasteiger partial charge in [-0.15, -0.1) is 0 Å². The molecule has 0 unspecified atom stereocenters. The maximum atomic E-state index is 9.32. The molecule has 0 aliphatic heterocycles. The number of nitrogens with zero attached hydrogens (tertiary/aromatic N) is 1. The highest BCUT2D eigenvalue weighted by atomic mass is 16.1. The van der Waals surface area contributed by atoms with E-state index in [1.54, 1.807) is 25.4 Å². The van der Waals surface area contributed by atoms with Crippen LogP contribution in [-0.4, -0.2) is 11.3 Å². The number of carbonyl (C=O) groups excluding carboxylic acids is 1. The Kier molecular flexibility index (Phi) is 7.44. The van der Waals surface area contributed by atoms with Crippen molar-refractivity contribution in [2.75, 3.05) is 0 Å². The van der Waals surface area contributed by atoms with Gasteiger partial charge in [0, 0.05) is 12.4 Å². The number of rotatable bonds is 1. The van der Waals surface area contributed by atoms with Crippen LogP contribution in [0.4, 0.5) is 0 Å². The van der Waals surface area contributed by atoms with Crippen LogP contribution in [0, 0.1) is 0 Å². The fourth-order valence-electron chi connectivity index (χ4n) is 0.391. The number of hydrogen-bond donors (Lipinski definition) is 0. The summed E-state index contributed by atoms with van der Waals surface area (Å²) >= 11 is 0. The van der Waals surface area contributed by atoms with Gasteiger partial charge in [0.05, 0.1) is 0 Å². The predicted octanol–water partition coefficient (Wildman–Crippen LogP) is 1.84. The molecular formula is C9H11NO. The molecule has 11 heavy (non-hydrogen) atoms. The van der Waals surface area contributed by atoms with Crippen molar-refractivity contribution < 1.29 is 4.79 Å². The largest absolute Gasteiger partial charge is 0.299 e. The van der Waals surface area contributed by atoms with Crippen LogP contribution in [0.1, 0.15) is 6.92 Å². The lowest BCUT2D eigenvalue weighted by molar-refractivity contribution is -0.104. The Morgan fingerprint density at radius 3 is 1.91 bits per heavy atom. The van der Waals surface area contributed by atoms with E-state index in [0.29, 0.717) is 0 Å². The van der Waals surface area contributed by atoms with Crippen molar-refractivity contribution in [3.63, 3.8) is 0 Å². The minimum Gasteiger partial charge on any atom is -0.299 e. The molecule has 58 valence electrons. The van der Waals surface area contributed by atoms with Gasteiger partial charge in [0.2, 0.25) is 0 Å². The van der Waals surface area contributed by atoms with Crippen molar-refractivity contribution in [3.8, 4) is 0 Å². The zero-order chi connectivity index (χ0) is 8.36. The second-order valence-electron chi connectivity index (χ2n) is 1.69. The molecule has 0 aromatic carbocycles. The van der Waals surface area contributed by atoms with Gasteiger partial charge in [-0.1, -0.05) is 12.1 Å². The normalized spacial score (nSPS) is 8.45. The minimum absolute atomic E-state index is 0.750. The molecule has 0 aliphatic carbocycles. The summed E-state index contributed by atoms with van der Waals surface area (Å²) in [5.74, 6) is 0. The molecule has 0 bridgehead atoms. The van der Waals surface area contributed by atoms with Gasteiger partial charge in [0.1, 0.15) is 6.29 Å². The zero-order valence-electron chi connectivity index (χ0n) is 6.47. The topological polar surface area (TPSA) is 30.0 Å². The maximum Gasteiger partial charge on any atom is 0.142 e. The Labute approximate surface area is 66.6 Å². The lowest BCUT2D eigenvalue weighted by Gasteiger charge is -1.70. The first kappa shape index (κ1) is 9.56. The Morgan fingerprint density at radius 2 is 1.82 bits per heavy atom. The lowest BCUT2D eigenvalue weighted by Crippen LogP contribution is -1.58. The number of hydrogen-bond acceptors (Lipinski definition) is 2. The van der Waals surface area contributed by atoms with Gasteiger partial charge in [0.25, 0.3) is 0 Å². The first-order valence-corrected chi connectivity index (χ1v) is 3.33. The molecule has 0 atom stereocenters. The molecule has 0 spiro atoms. The van der Waals surface area contributed by atoms with Crippen LogP contribution in [0.2, 0.25) is 0 Å². The second-order valence-corrected chi connectivity index (χ2v) is 1.69. The van der Waals surface area contributed by atoms with Crippen molar-refractivity contribution in [2.45, 2.75) is 6.92 Å². The van der Waals surface area contributed by atoms with E-state index < -0.39 is 0 Å². The first-order chi connectivity index (χ1) is 5.41. The van der Waals surface area contributed by atoms with Crippen molar-refractivity contribution in [2.24, 2.45) is 0 Å². The smallest absolute Gasteiger partial charge is 0.142 e. The van der Waals surface area contributed by atoms with Crippen molar-refractivity contribution in [1.29, 1.82) is 0 Å². The van der Waals surface area contributed by atoms with Crippen LogP contribution in [0.3, 0.4) is 0 Å². The van der Waals surface area contributed by atoms with Crippen LogP contribution in [-0.2, 0) is 4.79 Å². The van der Waals surface area contributed by atoms with Crippen LogP contribution < -0.4 is 0 Å². The van der Waals surface area contributed by atoms with Gasteiger partial charge in [0.15, 0.2) is 0 Å². The SMILES string of the molecule is CC=CC=O.c1ccncc1. The molecule has 1 rings (SSSR count). The van der Waals surface area contributed by atoms with Crippen LogP contribution >= 0.6 is 0 Å². The summed E-state index contributed by atoms with van der Waals surface area (Å²) in [6, 6.07) is 5.72. The zero-order valence-corrected chi connectivity index (χ0v) is 6.47. The Hall–Kier alpha value is -1.44. The molecule has 0 radical (unpaired) electrons. The number of allylic oxidation sites excluding steroid dienone is 2. The van der Waals surface area contributed by atoms with Crippen LogP contribution in [0.25, 0.3) is 0 Å². The van der Waals surface area contributed by atoms with E-state index in [-0.39, 0.29) is 0 Å². The lowest BCUT2D eigenvalue weighted by atomic mass is 10.5. The van der Waals surface area contributed by atoms with Gasteiger partial charge in [-0.3, -0.25) is 9.78 Å². The highest BCUT2D eigenvalue weighted by Crippen LogP contribution is 1.73. The van der Waals surface area contributed by atoms with E-state index in [2.05, 4.69) is 4.98 Å². The summed E-state index contributed by atoms with van der Waals surface area (Å²) in [6.07, 6.45) is 7.38. The van der Waals surface area contributed by atoms with E-state index in [1.807, 2.05) is 18.2 Å². The minimum atomic E-state index is 0.750. The van der Waals surface area contributed by atoms with Crippen LogP contribution in [0.15, 0.2) is 42.7 Å². The first-order valence-electron chi connectivity index (χ1n) is 3.33. The molecule has 1 heterocycles. The van der Waals surface area contributed by atoms with E-state index in [9.17, 15) is 4.79 Å². The molecule has 0 saturated carbocycles. The van der Waals surface area contributed by atoms with E-state index >= 15 is 0 Å². The number of pyridine rings is 1. The van der Waals surface area contributed by atoms with Crippen LogP contribution in [0.5, 0.6) is 0 Å². The Morgan fingerprint density at radius 1 is 1.18 bits per heavy atom. The summed E-state index contributed by atoms with van der Waals surface area (Å²) in [5.41, 5.74) is 0. The van der Waals surface area contributed by atoms with Crippen molar-refractivity contribution >= 4 is 6.29 Å². The maximum absolute atomic E-state index is 9.32. The average molecular weight is 149 g/mol. The molecule has 1 aromatic rings. The Balaban J connectivity index is 0.000000187. The number of aromatic nitrogens is 1. The predicted molar refractivity (Wildman–Crippen MR) is 45.1 cm³/mol. The highest BCUT2D eigenvalue weighted by molar-refractivity contribution is 5.64. The van der Waals surface area contributed by atoms with Crippen molar-refractivity contribution in [1.82, 2.24) is 4.98 Å². The fraction of sp³-hybridized carbons (Fsp3) is 0.111. The van der Waals surface area contributed by atoms with Gasteiger partial charge >= 0.3 is 0 Å². The highest BCUT2D eigenvalue weighted by Gasteiger charge is 1.58. The summed E-state index contributed by atoms with van der Waals surface area (Å²) in [4.78, 5) is 13.1. The molecule has 2 nitrogen and oxygen atoms in total. The van der Waals surface area contributed by atoms with Gasteiger partial charge in [-0.25, -0.2) is 0 Å². The summed E-state index contributed by atoms with van der Waals surface area (Å²) in [6.45, 7) is 1.80. The average Bonchev–Trinajstić information content (AvgIpc) is 2.10. The summed E-state index contributed by atoms with van der Waals surface area (Å²) in [7, 11) is 0. The Bertz CT molecular complexity index is 167.